The van der Waals surface area contributed by atoms with Crippen LogP contribution in [0, 0.1) is 6.42 Å². The van der Waals surface area contributed by atoms with E-state index in [1.165, 1.54) is 5.56 Å². The van der Waals surface area contributed by atoms with Crippen LogP contribution in [-0.2, 0) is 6.42 Å². The van der Waals surface area contributed by atoms with Crippen LogP contribution in [0.5, 0.6) is 5.75 Å². The predicted octanol–water partition coefficient (Wildman–Crippen LogP) is 1.56. The van der Waals surface area contributed by atoms with Gasteiger partial charge in [0.25, 0.3) is 0 Å². The van der Waals surface area contributed by atoms with Gasteiger partial charge in [0.2, 0.25) is 0 Å². The quantitative estimate of drug-likeness (QED) is 0.585. The Morgan fingerprint density at radius 2 is 2.27 bits per heavy atom. The summed E-state index contributed by atoms with van der Waals surface area (Å²) in [6, 6.07) is 5.44. The third-order valence-electron chi connectivity index (χ3n) is 1.89. The second kappa shape index (κ2) is 2.46. The number of aromatic hydroxyl groups is 1. The van der Waals surface area contributed by atoms with E-state index in [1.54, 1.807) is 12.1 Å². The van der Waals surface area contributed by atoms with Crippen molar-refractivity contribution in [1.82, 2.24) is 0 Å². The number of benzene rings is 1. The minimum Gasteiger partial charge on any atom is -0.508 e. The lowest BCUT2D eigenvalue weighted by Crippen LogP contribution is -2.11. The largest absolute Gasteiger partial charge is 0.508 e. The number of hydrogen-bond donors (Lipinski definition) is 2. The summed E-state index contributed by atoms with van der Waals surface area (Å²) in [5, 5.41) is 12.3. The van der Waals surface area contributed by atoms with Gasteiger partial charge in [0, 0.05) is 18.3 Å². The molecule has 2 nitrogen and oxygen atoms in total. The molecule has 1 aliphatic rings. The van der Waals surface area contributed by atoms with E-state index in [1.807, 2.05) is 6.07 Å². The lowest BCUT2D eigenvalue weighted by atomic mass is 10.0. The van der Waals surface area contributed by atoms with E-state index in [-0.39, 0.29) is 0 Å². The Kier molecular flexibility index (Phi) is 1.46. The molecule has 0 fully saturated rings. The first-order valence-electron chi connectivity index (χ1n) is 3.74. The molecule has 57 valence electrons. The van der Waals surface area contributed by atoms with Gasteiger partial charge < -0.3 is 10.4 Å². The molecule has 0 bridgehead atoms. The van der Waals surface area contributed by atoms with Crippen molar-refractivity contribution in [1.29, 1.82) is 0 Å². The molecule has 1 aromatic carbocycles. The maximum absolute atomic E-state index is 9.14. The molecule has 2 heteroatoms. The molecule has 2 rings (SSSR count). The summed E-state index contributed by atoms with van der Waals surface area (Å²) in [6.07, 6.45) is 3.18. The van der Waals surface area contributed by atoms with E-state index in [4.69, 9.17) is 5.11 Å². The molecule has 0 atom stereocenters. The zero-order chi connectivity index (χ0) is 7.68. The second-order valence-corrected chi connectivity index (χ2v) is 2.72. The van der Waals surface area contributed by atoms with Crippen LogP contribution in [-0.4, -0.2) is 11.7 Å². The maximum atomic E-state index is 9.14. The van der Waals surface area contributed by atoms with Crippen molar-refractivity contribution in [3.05, 3.63) is 30.2 Å². The first-order valence-corrected chi connectivity index (χ1v) is 3.74. The fraction of sp³-hybridized carbons (Fsp3) is 0.222. The Bertz CT molecular complexity index is 270. The molecule has 1 radical (unpaired) electrons. The van der Waals surface area contributed by atoms with Gasteiger partial charge >= 0.3 is 0 Å². The first kappa shape index (κ1) is 6.53. The molecule has 0 spiro atoms. The number of phenolic OH excluding ortho intramolecular Hbond substituents is 1. The second-order valence-electron chi connectivity index (χ2n) is 2.72. The SMILES string of the molecule is Oc1ccc2c(c1)NC[CH]C2. The zero-order valence-electron chi connectivity index (χ0n) is 6.17. The molecule has 0 amide bonds. The van der Waals surface area contributed by atoms with Crippen molar-refractivity contribution in [3.63, 3.8) is 0 Å². The fourth-order valence-electron chi connectivity index (χ4n) is 1.32. The van der Waals surface area contributed by atoms with Gasteiger partial charge in [0.1, 0.15) is 5.75 Å². The lowest BCUT2D eigenvalue weighted by molar-refractivity contribution is 0.475. The molecule has 0 saturated carbocycles. The third-order valence-corrected chi connectivity index (χ3v) is 1.89. The number of nitrogens with one attached hydrogen (secondary N) is 1. The van der Waals surface area contributed by atoms with Crippen LogP contribution >= 0.6 is 0 Å². The first-order chi connectivity index (χ1) is 5.36. The van der Waals surface area contributed by atoms with Gasteiger partial charge in [0.15, 0.2) is 0 Å². The molecule has 2 N–H and O–H groups in total. The van der Waals surface area contributed by atoms with Gasteiger partial charge in [-0.1, -0.05) is 6.07 Å². The Morgan fingerprint density at radius 1 is 1.36 bits per heavy atom. The van der Waals surface area contributed by atoms with Crippen LogP contribution in [0.25, 0.3) is 0 Å². The lowest BCUT2D eigenvalue weighted by Gasteiger charge is -2.17. The standard InChI is InChI=1S/C9H10NO/c11-8-4-3-7-2-1-5-10-9(7)6-8/h1,3-4,6,10-11H,2,5H2. The number of anilines is 1. The molecule has 0 saturated heterocycles. The molecule has 1 aromatic rings. The molecule has 0 aliphatic carbocycles. The number of fused-ring (bicyclic) bond motifs is 1. The van der Waals surface area contributed by atoms with Crippen LogP contribution in [0.15, 0.2) is 18.2 Å². The van der Waals surface area contributed by atoms with Crippen molar-refractivity contribution in [3.8, 4) is 5.75 Å². The maximum Gasteiger partial charge on any atom is 0.117 e. The van der Waals surface area contributed by atoms with Crippen LogP contribution in [0.3, 0.4) is 0 Å². The topological polar surface area (TPSA) is 32.3 Å². The molecule has 11 heavy (non-hydrogen) atoms. The Hall–Kier alpha value is -1.18. The normalized spacial score (nSPS) is 15.3. The van der Waals surface area contributed by atoms with E-state index in [0.29, 0.717) is 5.75 Å². The zero-order valence-corrected chi connectivity index (χ0v) is 6.17. The summed E-state index contributed by atoms with van der Waals surface area (Å²) in [5.74, 6) is 0.332. The molecular formula is C9H10NO. The Morgan fingerprint density at radius 3 is 3.18 bits per heavy atom. The highest BCUT2D eigenvalue weighted by molar-refractivity contribution is 5.57. The van der Waals surface area contributed by atoms with E-state index >= 15 is 0 Å². The van der Waals surface area contributed by atoms with E-state index in [2.05, 4.69) is 11.7 Å². The highest BCUT2D eigenvalue weighted by Crippen LogP contribution is 2.25. The van der Waals surface area contributed by atoms with Gasteiger partial charge in [-0.05, 0) is 24.5 Å². The van der Waals surface area contributed by atoms with E-state index < -0.39 is 0 Å². The van der Waals surface area contributed by atoms with Crippen molar-refractivity contribution < 1.29 is 5.11 Å². The fourth-order valence-corrected chi connectivity index (χ4v) is 1.32. The van der Waals surface area contributed by atoms with Gasteiger partial charge in [-0.3, -0.25) is 0 Å². The summed E-state index contributed by atoms with van der Waals surface area (Å²) in [5.41, 5.74) is 2.32. The van der Waals surface area contributed by atoms with Crippen molar-refractivity contribution >= 4 is 5.69 Å². The minimum atomic E-state index is 0.332. The van der Waals surface area contributed by atoms with Crippen molar-refractivity contribution in [2.75, 3.05) is 11.9 Å². The third kappa shape index (κ3) is 1.16. The van der Waals surface area contributed by atoms with Gasteiger partial charge in [-0.15, -0.1) is 0 Å². The van der Waals surface area contributed by atoms with Crippen LogP contribution in [0.1, 0.15) is 5.56 Å². The number of phenols is 1. The van der Waals surface area contributed by atoms with Crippen molar-refractivity contribution in [2.45, 2.75) is 6.42 Å². The molecule has 1 heterocycles. The summed E-state index contributed by atoms with van der Waals surface area (Å²) in [6.45, 7) is 0.899. The van der Waals surface area contributed by atoms with E-state index in [0.717, 1.165) is 18.7 Å². The van der Waals surface area contributed by atoms with Crippen LogP contribution < -0.4 is 5.32 Å². The molecule has 0 aromatic heterocycles. The average molecular weight is 148 g/mol. The minimum absolute atomic E-state index is 0.332. The number of rotatable bonds is 0. The smallest absolute Gasteiger partial charge is 0.117 e. The van der Waals surface area contributed by atoms with Gasteiger partial charge in [-0.2, -0.15) is 0 Å². The average Bonchev–Trinajstić information content (AvgIpc) is 2.04. The Labute approximate surface area is 65.9 Å². The molecule has 1 aliphatic heterocycles. The summed E-state index contributed by atoms with van der Waals surface area (Å²) >= 11 is 0. The van der Waals surface area contributed by atoms with Crippen LogP contribution in [0.2, 0.25) is 0 Å². The van der Waals surface area contributed by atoms with E-state index in [9.17, 15) is 0 Å². The van der Waals surface area contributed by atoms with Gasteiger partial charge in [-0.25, -0.2) is 0 Å². The predicted molar refractivity (Wildman–Crippen MR) is 44.6 cm³/mol. The molecule has 0 unspecified atom stereocenters. The van der Waals surface area contributed by atoms with Crippen LogP contribution in [0.4, 0.5) is 5.69 Å². The number of hydrogen-bond acceptors (Lipinski definition) is 2. The highest BCUT2D eigenvalue weighted by atomic mass is 16.3. The summed E-state index contributed by atoms with van der Waals surface area (Å²) in [4.78, 5) is 0. The molecular weight excluding hydrogens is 138 g/mol. The monoisotopic (exact) mass is 148 g/mol. The highest BCUT2D eigenvalue weighted by Gasteiger charge is 2.07. The summed E-state index contributed by atoms with van der Waals surface area (Å²) in [7, 11) is 0. The van der Waals surface area contributed by atoms with Gasteiger partial charge in [0.05, 0.1) is 0 Å². The Balaban J connectivity index is 2.43. The summed E-state index contributed by atoms with van der Waals surface area (Å²) < 4.78 is 0. The van der Waals surface area contributed by atoms with Crippen molar-refractivity contribution in [2.24, 2.45) is 0 Å².